The molecule has 1 fully saturated rings. The van der Waals surface area contributed by atoms with E-state index in [0.717, 1.165) is 36.6 Å². The normalized spacial score (nSPS) is 15.5. The summed E-state index contributed by atoms with van der Waals surface area (Å²) in [5.41, 5.74) is 1.15. The Morgan fingerprint density at radius 1 is 1.19 bits per heavy atom. The van der Waals surface area contributed by atoms with Crippen LogP contribution >= 0.6 is 11.3 Å². The van der Waals surface area contributed by atoms with Gasteiger partial charge in [-0.25, -0.2) is 0 Å². The molecule has 2 aromatic rings. The molecule has 27 heavy (non-hydrogen) atoms. The highest BCUT2D eigenvalue weighted by Gasteiger charge is 2.25. The third-order valence-corrected chi connectivity index (χ3v) is 5.98. The average molecular weight is 389 g/mol. The number of hydrogen-bond acceptors (Lipinski definition) is 5. The van der Waals surface area contributed by atoms with Crippen LogP contribution in [-0.4, -0.2) is 44.7 Å². The van der Waals surface area contributed by atoms with Crippen LogP contribution in [0.25, 0.3) is 0 Å². The summed E-state index contributed by atoms with van der Waals surface area (Å²) in [7, 11) is 3.29. The SMILES string of the molecule is COc1ccc(C(CNC(=O)CCc2cccs2)N2CCCC2)cc1OC. The van der Waals surface area contributed by atoms with E-state index in [1.54, 1.807) is 25.6 Å². The number of hydrogen-bond donors (Lipinski definition) is 1. The van der Waals surface area contributed by atoms with E-state index in [0.29, 0.717) is 13.0 Å². The lowest BCUT2D eigenvalue weighted by atomic mass is 10.0. The highest BCUT2D eigenvalue weighted by Crippen LogP contribution is 2.33. The number of aryl methyl sites for hydroxylation is 1. The van der Waals surface area contributed by atoms with Crippen molar-refractivity contribution in [1.29, 1.82) is 0 Å². The summed E-state index contributed by atoms with van der Waals surface area (Å²) >= 11 is 1.70. The molecule has 1 N–H and O–H groups in total. The van der Waals surface area contributed by atoms with Crippen LogP contribution in [0.4, 0.5) is 0 Å². The molecule has 146 valence electrons. The standard InChI is InChI=1S/C21H28N2O3S/c1-25-19-9-7-16(14-20(19)26-2)18(23-11-3-4-12-23)15-22-21(24)10-8-17-6-5-13-27-17/h5-7,9,13-14,18H,3-4,8,10-12,15H2,1-2H3,(H,22,24). The van der Waals surface area contributed by atoms with E-state index < -0.39 is 0 Å². The Labute approximate surface area is 165 Å². The van der Waals surface area contributed by atoms with Crippen molar-refractivity contribution in [2.45, 2.75) is 31.7 Å². The molecule has 1 aromatic heterocycles. The summed E-state index contributed by atoms with van der Waals surface area (Å²) in [6.45, 7) is 2.73. The Bertz CT molecular complexity index is 727. The number of ether oxygens (including phenoxy) is 2. The second-order valence-electron chi connectivity index (χ2n) is 6.76. The van der Waals surface area contributed by atoms with Crippen molar-refractivity contribution >= 4 is 17.2 Å². The maximum absolute atomic E-state index is 12.3. The number of carbonyl (C=O) groups excluding carboxylic acids is 1. The van der Waals surface area contributed by atoms with E-state index in [4.69, 9.17) is 9.47 Å². The van der Waals surface area contributed by atoms with E-state index in [-0.39, 0.29) is 11.9 Å². The Morgan fingerprint density at radius 3 is 2.63 bits per heavy atom. The Morgan fingerprint density at radius 2 is 1.96 bits per heavy atom. The average Bonchev–Trinajstić information content (AvgIpc) is 3.40. The fourth-order valence-corrected chi connectivity index (χ4v) is 4.27. The third-order valence-electron chi connectivity index (χ3n) is 5.04. The summed E-state index contributed by atoms with van der Waals surface area (Å²) in [6.07, 6.45) is 3.74. The monoisotopic (exact) mass is 388 g/mol. The van der Waals surface area contributed by atoms with Crippen LogP contribution in [0.2, 0.25) is 0 Å². The van der Waals surface area contributed by atoms with Crippen LogP contribution in [0, 0.1) is 0 Å². The molecular weight excluding hydrogens is 360 g/mol. The molecule has 1 amide bonds. The predicted octanol–water partition coefficient (Wildman–Crippen LogP) is 3.65. The molecule has 0 saturated carbocycles. The molecule has 3 rings (SSSR count). The maximum atomic E-state index is 12.3. The zero-order valence-corrected chi connectivity index (χ0v) is 16.9. The minimum absolute atomic E-state index is 0.105. The van der Waals surface area contributed by atoms with Crippen molar-refractivity contribution < 1.29 is 14.3 Å². The van der Waals surface area contributed by atoms with E-state index in [1.165, 1.54) is 17.7 Å². The van der Waals surface area contributed by atoms with E-state index >= 15 is 0 Å². The number of carbonyl (C=O) groups is 1. The van der Waals surface area contributed by atoms with Crippen LogP contribution in [0.15, 0.2) is 35.7 Å². The van der Waals surface area contributed by atoms with Gasteiger partial charge in [0.2, 0.25) is 5.91 Å². The highest BCUT2D eigenvalue weighted by molar-refractivity contribution is 7.09. The minimum Gasteiger partial charge on any atom is -0.493 e. The quantitative estimate of drug-likeness (QED) is 0.712. The Kier molecular flexibility index (Phi) is 7.12. The molecule has 0 radical (unpaired) electrons. The minimum atomic E-state index is 0.105. The maximum Gasteiger partial charge on any atom is 0.220 e. The van der Waals surface area contributed by atoms with Gasteiger partial charge in [0.1, 0.15) is 0 Å². The van der Waals surface area contributed by atoms with Crippen LogP contribution in [0.5, 0.6) is 11.5 Å². The lowest BCUT2D eigenvalue weighted by Crippen LogP contribution is -2.36. The number of nitrogens with one attached hydrogen (secondary N) is 1. The summed E-state index contributed by atoms with van der Waals surface area (Å²) in [6, 6.07) is 10.3. The van der Waals surface area contributed by atoms with Gasteiger partial charge in [0.05, 0.1) is 20.3 Å². The molecular formula is C21H28N2O3S. The molecule has 0 aliphatic carbocycles. The Hall–Kier alpha value is -2.05. The van der Waals surface area contributed by atoms with E-state index in [2.05, 4.69) is 22.3 Å². The molecule has 6 heteroatoms. The first-order chi connectivity index (χ1) is 13.2. The van der Waals surface area contributed by atoms with E-state index in [1.807, 2.05) is 23.6 Å². The number of amides is 1. The van der Waals surface area contributed by atoms with Crippen molar-refractivity contribution in [3.8, 4) is 11.5 Å². The first kappa shape index (κ1) is 19.7. The fourth-order valence-electron chi connectivity index (χ4n) is 3.56. The first-order valence-corrected chi connectivity index (χ1v) is 10.3. The molecule has 1 unspecified atom stereocenters. The van der Waals surface area contributed by atoms with Gasteiger partial charge in [-0.3, -0.25) is 9.69 Å². The molecule has 2 heterocycles. The number of thiophene rings is 1. The number of nitrogens with zero attached hydrogens (tertiary/aromatic N) is 1. The number of benzene rings is 1. The largest absolute Gasteiger partial charge is 0.493 e. The number of rotatable bonds is 9. The molecule has 1 aliphatic rings. The summed E-state index contributed by atoms with van der Waals surface area (Å²) in [4.78, 5) is 16.0. The van der Waals surface area contributed by atoms with Crippen molar-refractivity contribution in [3.63, 3.8) is 0 Å². The van der Waals surface area contributed by atoms with Gasteiger partial charge in [0.25, 0.3) is 0 Å². The van der Waals surface area contributed by atoms with Gasteiger partial charge in [-0.05, 0) is 61.5 Å². The zero-order valence-electron chi connectivity index (χ0n) is 16.1. The van der Waals surface area contributed by atoms with E-state index in [9.17, 15) is 4.79 Å². The smallest absolute Gasteiger partial charge is 0.220 e. The molecule has 0 spiro atoms. The lowest BCUT2D eigenvalue weighted by molar-refractivity contribution is -0.121. The van der Waals surface area contributed by atoms with Crippen LogP contribution in [0.3, 0.4) is 0 Å². The third kappa shape index (κ3) is 5.23. The fraction of sp³-hybridized carbons (Fsp3) is 0.476. The van der Waals surface area contributed by atoms with Crippen LogP contribution in [-0.2, 0) is 11.2 Å². The van der Waals surface area contributed by atoms with Gasteiger partial charge in [-0.1, -0.05) is 12.1 Å². The number of methoxy groups -OCH3 is 2. The topological polar surface area (TPSA) is 50.8 Å². The molecule has 1 aliphatic heterocycles. The van der Waals surface area contributed by atoms with Crippen LogP contribution in [0.1, 0.15) is 35.7 Å². The second-order valence-corrected chi connectivity index (χ2v) is 7.79. The highest BCUT2D eigenvalue weighted by atomic mass is 32.1. The predicted molar refractivity (Wildman–Crippen MR) is 109 cm³/mol. The van der Waals surface area contributed by atoms with Crippen molar-refractivity contribution in [2.75, 3.05) is 33.9 Å². The van der Waals surface area contributed by atoms with Gasteiger partial charge >= 0.3 is 0 Å². The summed E-state index contributed by atoms with van der Waals surface area (Å²) in [5.74, 6) is 1.55. The second kappa shape index (κ2) is 9.76. The Balaban J connectivity index is 1.65. The van der Waals surface area contributed by atoms with Crippen LogP contribution < -0.4 is 14.8 Å². The summed E-state index contributed by atoms with van der Waals surface area (Å²) in [5, 5.41) is 5.19. The van der Waals surface area contributed by atoms with Crippen molar-refractivity contribution in [1.82, 2.24) is 10.2 Å². The molecule has 1 saturated heterocycles. The zero-order chi connectivity index (χ0) is 19.1. The molecule has 1 aromatic carbocycles. The summed E-state index contributed by atoms with van der Waals surface area (Å²) < 4.78 is 10.8. The molecule has 5 nitrogen and oxygen atoms in total. The molecule has 1 atom stereocenters. The van der Waals surface area contributed by atoms with Gasteiger partial charge in [0, 0.05) is 17.8 Å². The van der Waals surface area contributed by atoms with Gasteiger partial charge in [-0.15, -0.1) is 11.3 Å². The molecule has 0 bridgehead atoms. The number of likely N-dealkylation sites (tertiary alicyclic amines) is 1. The van der Waals surface area contributed by atoms with Gasteiger partial charge < -0.3 is 14.8 Å². The first-order valence-electron chi connectivity index (χ1n) is 9.46. The van der Waals surface area contributed by atoms with Gasteiger partial charge in [-0.2, -0.15) is 0 Å². The van der Waals surface area contributed by atoms with Gasteiger partial charge in [0.15, 0.2) is 11.5 Å². The van der Waals surface area contributed by atoms with Crippen molar-refractivity contribution in [2.24, 2.45) is 0 Å². The van der Waals surface area contributed by atoms with Crippen molar-refractivity contribution in [3.05, 3.63) is 46.2 Å². The lowest BCUT2D eigenvalue weighted by Gasteiger charge is -2.28.